The third-order valence-corrected chi connectivity index (χ3v) is 6.12. The summed E-state index contributed by atoms with van der Waals surface area (Å²) in [6.45, 7) is 1.10. The maximum Gasteiger partial charge on any atom is 0.260 e. The lowest BCUT2D eigenvalue weighted by molar-refractivity contribution is 0.272. The molecule has 23 heavy (non-hydrogen) atoms. The van der Waals surface area contributed by atoms with Crippen molar-refractivity contribution in [2.45, 2.75) is 24.3 Å². The van der Waals surface area contributed by atoms with Crippen molar-refractivity contribution in [3.63, 3.8) is 0 Å². The number of hydrogen-bond donors (Lipinski definition) is 1. The molecule has 1 aromatic heterocycles. The Labute approximate surface area is 137 Å². The molecule has 0 aliphatic carbocycles. The van der Waals surface area contributed by atoms with Crippen LogP contribution in [0.2, 0.25) is 0 Å². The average molecular weight is 331 g/mol. The molecule has 0 unspecified atom stereocenters. The summed E-state index contributed by atoms with van der Waals surface area (Å²) in [4.78, 5) is 3.96. The van der Waals surface area contributed by atoms with Crippen molar-refractivity contribution in [3.8, 4) is 0 Å². The van der Waals surface area contributed by atoms with Crippen LogP contribution in [-0.2, 0) is 16.4 Å². The van der Waals surface area contributed by atoms with E-state index >= 15 is 0 Å². The summed E-state index contributed by atoms with van der Waals surface area (Å²) >= 11 is 0. The summed E-state index contributed by atoms with van der Waals surface area (Å²) < 4.78 is 26.7. The summed E-state index contributed by atoms with van der Waals surface area (Å²) in [6.07, 6.45) is 4.15. The van der Waals surface area contributed by atoms with Gasteiger partial charge in [-0.15, -0.1) is 0 Å². The van der Waals surface area contributed by atoms with Gasteiger partial charge in [0.15, 0.2) is 5.03 Å². The van der Waals surface area contributed by atoms with Gasteiger partial charge >= 0.3 is 0 Å². The Morgan fingerprint density at radius 3 is 2.39 bits per heavy atom. The van der Waals surface area contributed by atoms with Crippen LogP contribution in [0.3, 0.4) is 0 Å². The van der Waals surface area contributed by atoms with E-state index in [0.717, 1.165) is 19.3 Å². The lowest BCUT2D eigenvalue weighted by Gasteiger charge is -2.31. The van der Waals surface area contributed by atoms with Crippen molar-refractivity contribution < 1.29 is 8.42 Å². The monoisotopic (exact) mass is 331 g/mol. The number of rotatable bonds is 4. The minimum absolute atomic E-state index is 0.0770. The maximum absolute atomic E-state index is 12.6. The first-order valence-corrected chi connectivity index (χ1v) is 9.25. The fourth-order valence-corrected chi connectivity index (χ4v) is 4.36. The van der Waals surface area contributed by atoms with Gasteiger partial charge in [0.2, 0.25) is 0 Å². The molecule has 1 aromatic carbocycles. The van der Waals surface area contributed by atoms with E-state index in [4.69, 9.17) is 5.73 Å². The van der Waals surface area contributed by atoms with E-state index in [1.54, 1.807) is 6.07 Å². The molecule has 0 bridgehead atoms. The van der Waals surface area contributed by atoms with Gasteiger partial charge in [0.25, 0.3) is 10.0 Å². The van der Waals surface area contributed by atoms with E-state index in [-0.39, 0.29) is 5.03 Å². The predicted molar refractivity (Wildman–Crippen MR) is 90.3 cm³/mol. The minimum atomic E-state index is -3.51. The normalized spacial score (nSPS) is 17.2. The molecule has 3 rings (SSSR count). The van der Waals surface area contributed by atoms with E-state index in [2.05, 4.69) is 17.1 Å². The SMILES string of the molecule is Nc1ccc(S(=O)(=O)N2CCC(Cc3ccccc3)CC2)nc1. The zero-order valence-electron chi connectivity index (χ0n) is 12.9. The fourth-order valence-electron chi connectivity index (χ4n) is 2.98. The fraction of sp³-hybridized carbons (Fsp3) is 0.353. The highest BCUT2D eigenvalue weighted by molar-refractivity contribution is 7.89. The van der Waals surface area contributed by atoms with Crippen LogP contribution in [0.5, 0.6) is 0 Å². The number of benzene rings is 1. The highest BCUT2D eigenvalue weighted by Gasteiger charge is 2.30. The van der Waals surface area contributed by atoms with Crippen LogP contribution in [0.25, 0.3) is 0 Å². The van der Waals surface area contributed by atoms with Crippen LogP contribution < -0.4 is 5.73 Å². The Balaban J connectivity index is 1.63. The first kappa shape index (κ1) is 16.0. The first-order valence-electron chi connectivity index (χ1n) is 7.81. The molecule has 2 N–H and O–H groups in total. The number of sulfonamides is 1. The van der Waals surface area contributed by atoms with Gasteiger partial charge < -0.3 is 5.73 Å². The van der Waals surface area contributed by atoms with Gasteiger partial charge in [0.1, 0.15) is 0 Å². The molecule has 0 amide bonds. The van der Waals surface area contributed by atoms with Gasteiger partial charge in [0.05, 0.1) is 11.9 Å². The lowest BCUT2D eigenvalue weighted by atomic mass is 9.91. The second-order valence-electron chi connectivity index (χ2n) is 5.97. The summed E-state index contributed by atoms with van der Waals surface area (Å²) in [5, 5.41) is 0.0770. The number of aromatic nitrogens is 1. The molecule has 1 aliphatic rings. The third kappa shape index (κ3) is 3.71. The lowest BCUT2D eigenvalue weighted by Crippen LogP contribution is -2.39. The van der Waals surface area contributed by atoms with Gasteiger partial charge in [-0.1, -0.05) is 30.3 Å². The molecule has 6 heteroatoms. The van der Waals surface area contributed by atoms with Gasteiger partial charge in [-0.25, -0.2) is 13.4 Å². The van der Waals surface area contributed by atoms with Crippen LogP contribution in [0.4, 0.5) is 5.69 Å². The van der Waals surface area contributed by atoms with Crippen LogP contribution in [-0.4, -0.2) is 30.8 Å². The van der Waals surface area contributed by atoms with Crippen molar-refractivity contribution in [2.24, 2.45) is 5.92 Å². The largest absolute Gasteiger partial charge is 0.397 e. The number of hydrogen-bond acceptors (Lipinski definition) is 4. The number of nitrogen functional groups attached to an aromatic ring is 1. The third-order valence-electron chi connectivity index (χ3n) is 4.30. The highest BCUT2D eigenvalue weighted by Crippen LogP contribution is 2.25. The van der Waals surface area contributed by atoms with Crippen LogP contribution in [0.15, 0.2) is 53.7 Å². The van der Waals surface area contributed by atoms with Crippen molar-refractivity contribution in [3.05, 3.63) is 54.2 Å². The summed E-state index contributed by atoms with van der Waals surface area (Å²) in [7, 11) is -3.51. The second-order valence-corrected chi connectivity index (χ2v) is 7.85. The molecule has 0 spiro atoms. The highest BCUT2D eigenvalue weighted by atomic mass is 32.2. The number of anilines is 1. The molecule has 1 saturated heterocycles. The zero-order chi connectivity index (χ0) is 16.3. The molecule has 0 radical (unpaired) electrons. The number of pyridine rings is 1. The Kier molecular flexibility index (Phi) is 4.63. The molecule has 2 heterocycles. The van der Waals surface area contributed by atoms with Crippen LogP contribution >= 0.6 is 0 Å². The van der Waals surface area contributed by atoms with Crippen LogP contribution in [0, 0.1) is 5.92 Å². The smallest absolute Gasteiger partial charge is 0.260 e. The standard InChI is InChI=1S/C17H21N3O2S/c18-16-6-7-17(19-13-16)23(21,22)20-10-8-15(9-11-20)12-14-4-2-1-3-5-14/h1-7,13,15H,8-12,18H2. The maximum atomic E-state index is 12.6. The summed E-state index contributed by atoms with van der Waals surface area (Å²) in [5.41, 5.74) is 7.35. The molecule has 0 atom stereocenters. The predicted octanol–water partition coefficient (Wildman–Crippen LogP) is 2.31. The Morgan fingerprint density at radius 2 is 1.78 bits per heavy atom. The number of piperidine rings is 1. The van der Waals surface area contributed by atoms with E-state index in [1.165, 1.54) is 22.1 Å². The van der Waals surface area contributed by atoms with Crippen molar-refractivity contribution in [1.82, 2.24) is 9.29 Å². The molecule has 2 aromatic rings. The molecule has 122 valence electrons. The molecule has 1 aliphatic heterocycles. The van der Waals surface area contributed by atoms with E-state index in [0.29, 0.717) is 24.7 Å². The Hall–Kier alpha value is -1.92. The zero-order valence-corrected chi connectivity index (χ0v) is 13.7. The minimum Gasteiger partial charge on any atom is -0.397 e. The average Bonchev–Trinajstić information content (AvgIpc) is 2.57. The van der Waals surface area contributed by atoms with Crippen LogP contribution in [0.1, 0.15) is 18.4 Å². The van der Waals surface area contributed by atoms with E-state index < -0.39 is 10.0 Å². The van der Waals surface area contributed by atoms with Gasteiger partial charge in [-0.05, 0) is 42.9 Å². The molecular weight excluding hydrogens is 310 g/mol. The van der Waals surface area contributed by atoms with E-state index in [9.17, 15) is 8.42 Å². The molecule has 1 fully saturated rings. The van der Waals surface area contributed by atoms with Gasteiger partial charge in [-0.2, -0.15) is 4.31 Å². The first-order chi connectivity index (χ1) is 11.1. The van der Waals surface area contributed by atoms with Crippen molar-refractivity contribution >= 4 is 15.7 Å². The quantitative estimate of drug-likeness (QED) is 0.933. The molecule has 0 saturated carbocycles. The Morgan fingerprint density at radius 1 is 1.09 bits per heavy atom. The van der Waals surface area contributed by atoms with E-state index in [1.807, 2.05) is 18.2 Å². The van der Waals surface area contributed by atoms with Crippen molar-refractivity contribution in [2.75, 3.05) is 18.8 Å². The molecule has 5 nitrogen and oxygen atoms in total. The van der Waals surface area contributed by atoms with Gasteiger partial charge in [-0.3, -0.25) is 0 Å². The van der Waals surface area contributed by atoms with Crippen molar-refractivity contribution in [1.29, 1.82) is 0 Å². The topological polar surface area (TPSA) is 76.3 Å². The molecular formula is C17H21N3O2S. The Bertz CT molecular complexity index is 737. The number of nitrogens with two attached hydrogens (primary N) is 1. The van der Waals surface area contributed by atoms with Gasteiger partial charge in [0, 0.05) is 13.1 Å². The second kappa shape index (κ2) is 6.68. The number of nitrogens with zero attached hydrogens (tertiary/aromatic N) is 2. The summed E-state index contributed by atoms with van der Waals surface area (Å²) in [5.74, 6) is 0.531. The summed E-state index contributed by atoms with van der Waals surface area (Å²) in [6, 6.07) is 13.4.